The lowest BCUT2D eigenvalue weighted by molar-refractivity contribution is 0.304. The molecule has 3 N–H and O–H groups in total. The summed E-state index contributed by atoms with van der Waals surface area (Å²) in [6.07, 6.45) is 6.35. The molecule has 0 aliphatic carbocycles. The van der Waals surface area contributed by atoms with Crippen LogP contribution in [0.1, 0.15) is 90.5 Å². The van der Waals surface area contributed by atoms with Crippen molar-refractivity contribution < 1.29 is 24.8 Å². The lowest BCUT2D eigenvalue weighted by Crippen LogP contribution is -2.13. The molecule has 0 atom stereocenters. The highest BCUT2D eigenvalue weighted by atomic mass is 79.9. The van der Waals surface area contributed by atoms with Crippen LogP contribution < -0.4 is 9.47 Å². The number of halogens is 3. The molecule has 0 fully saturated rings. The van der Waals surface area contributed by atoms with Crippen LogP contribution in [0.15, 0.2) is 160 Å². The Balaban J connectivity index is 0.000000218. The molecule has 7 aromatic rings. The molecule has 5 aromatic heterocycles. The number of aromatic hydroxyl groups is 3. The molecule has 0 saturated carbocycles. The van der Waals surface area contributed by atoms with Crippen LogP contribution in [0.25, 0.3) is 0 Å². The van der Waals surface area contributed by atoms with Gasteiger partial charge in [0.1, 0.15) is 55.8 Å². The summed E-state index contributed by atoms with van der Waals surface area (Å²) in [7, 11) is 0. The van der Waals surface area contributed by atoms with Gasteiger partial charge in [0, 0.05) is 33.3 Å². The Morgan fingerprint density at radius 3 is 1.14 bits per heavy atom. The fourth-order valence-corrected chi connectivity index (χ4v) is 5.67. The predicted octanol–water partition coefficient (Wildman–Crippen LogP) is 13.9. The average Bonchev–Trinajstić information content (AvgIpc) is 3.26. The lowest BCUT2D eigenvalue weighted by atomic mass is 9.92. The first kappa shape index (κ1) is 53.0. The number of benzene rings is 2. The van der Waals surface area contributed by atoms with Gasteiger partial charge in [-0.05, 0) is 120 Å². The van der Waals surface area contributed by atoms with E-state index in [-0.39, 0.29) is 33.5 Å². The summed E-state index contributed by atoms with van der Waals surface area (Å²) in [6.45, 7) is 20.1. The molecule has 13 heteroatoms. The highest BCUT2D eigenvalue weighted by molar-refractivity contribution is 9.11. The molecule has 0 amide bonds. The Hall–Kier alpha value is -5.37. The normalized spacial score (nSPS) is 10.8. The van der Waals surface area contributed by atoms with Crippen molar-refractivity contribution in [3.63, 3.8) is 0 Å². The lowest BCUT2D eigenvalue weighted by Gasteiger charge is -2.17. The van der Waals surface area contributed by atoms with Gasteiger partial charge in [-0.15, -0.1) is 0 Å². The Morgan fingerprint density at radius 2 is 0.797 bits per heavy atom. The predicted molar refractivity (Wildman–Crippen MR) is 267 cm³/mol. The maximum absolute atomic E-state index is 9.20. The first-order valence-corrected chi connectivity index (χ1v) is 22.7. The van der Waals surface area contributed by atoms with Crippen LogP contribution in [0.4, 0.5) is 0 Å². The Labute approximate surface area is 403 Å². The SMILES string of the molecule is Brc1ccc(OCc2ccccc2)cn1.CC(C)(C)c1ccc(O)c(Br)n1.CC(C)(C)c1ccc(O)cn1.CC(C)(C)c1ccc(OCc2ccccc2)cn1.Oc1ccc(Br)nc1. The van der Waals surface area contributed by atoms with Gasteiger partial charge in [0.25, 0.3) is 0 Å². The summed E-state index contributed by atoms with van der Waals surface area (Å²) in [4.78, 5) is 20.6. The fraction of sp³-hybridized carbons (Fsp3) is 0.275. The molecule has 0 spiro atoms. The molecule has 0 aliphatic heterocycles. The first-order valence-electron chi connectivity index (χ1n) is 20.3. The van der Waals surface area contributed by atoms with E-state index in [9.17, 15) is 5.11 Å². The van der Waals surface area contributed by atoms with Gasteiger partial charge >= 0.3 is 0 Å². The molecule has 5 heterocycles. The number of ether oxygens (including phenoxy) is 2. The van der Waals surface area contributed by atoms with E-state index in [2.05, 4.69) is 147 Å². The quantitative estimate of drug-likeness (QED) is 0.138. The minimum atomic E-state index is 0.0240. The number of nitrogens with zero attached hydrogens (tertiary/aromatic N) is 5. The summed E-state index contributed by atoms with van der Waals surface area (Å²) in [5.41, 5.74) is 5.52. The van der Waals surface area contributed by atoms with Crippen molar-refractivity contribution in [1.29, 1.82) is 0 Å². The molecule has 338 valence electrons. The van der Waals surface area contributed by atoms with Crippen LogP contribution in [0.2, 0.25) is 0 Å². The van der Waals surface area contributed by atoms with Gasteiger partial charge < -0.3 is 24.8 Å². The highest BCUT2D eigenvalue weighted by Crippen LogP contribution is 2.27. The van der Waals surface area contributed by atoms with E-state index in [4.69, 9.17) is 19.7 Å². The van der Waals surface area contributed by atoms with E-state index in [1.54, 1.807) is 36.7 Å². The first-order chi connectivity index (χ1) is 30.1. The largest absolute Gasteiger partial charge is 0.506 e. The Morgan fingerprint density at radius 1 is 0.422 bits per heavy atom. The van der Waals surface area contributed by atoms with Crippen molar-refractivity contribution in [3.05, 3.63) is 188 Å². The van der Waals surface area contributed by atoms with E-state index < -0.39 is 0 Å². The molecular formula is C51H58Br3N5O5. The summed E-state index contributed by atoms with van der Waals surface area (Å²) in [5, 5.41) is 26.8. The number of pyridine rings is 5. The zero-order valence-corrected chi connectivity index (χ0v) is 42.6. The van der Waals surface area contributed by atoms with Crippen molar-refractivity contribution in [1.82, 2.24) is 24.9 Å². The van der Waals surface area contributed by atoms with Gasteiger partial charge in [-0.1, -0.05) is 123 Å². The molecule has 10 nitrogen and oxygen atoms in total. The van der Waals surface area contributed by atoms with Crippen molar-refractivity contribution in [2.24, 2.45) is 0 Å². The van der Waals surface area contributed by atoms with Crippen molar-refractivity contribution in [3.8, 4) is 28.7 Å². The van der Waals surface area contributed by atoms with Crippen LogP contribution in [0.3, 0.4) is 0 Å². The monoisotopic (exact) mass is 1060 g/mol. The smallest absolute Gasteiger partial charge is 0.148 e. The standard InChI is InChI=1S/C16H19NO.C12H10BrNO.C9H12BrNO.C9H13NO.C5H4BrNO/c1-16(2,3)15-10-9-14(11-17-15)18-12-13-7-5-4-6-8-13;13-12-7-6-11(8-14-12)15-9-10-4-2-1-3-5-10;1-9(2,3)7-5-4-6(12)8(10)11-7;1-9(2,3)8-5-4-7(11)6-10-8;6-5-2-1-4(8)3-7-5/h4-11H,12H2,1-3H3;1-8H,9H2;4-5,12H,1-3H3;4-6,11H,1-3H3;1-3,8H. The zero-order chi connectivity index (χ0) is 47.3. The number of hydrogen-bond acceptors (Lipinski definition) is 10. The molecule has 7 rings (SSSR count). The number of aromatic nitrogens is 5. The van der Waals surface area contributed by atoms with E-state index in [0.29, 0.717) is 17.8 Å². The summed E-state index contributed by atoms with van der Waals surface area (Å²) in [6, 6.07) is 38.2. The molecular weight excluding hydrogens is 1000 g/mol. The van der Waals surface area contributed by atoms with E-state index in [1.807, 2.05) is 84.9 Å². The highest BCUT2D eigenvalue weighted by Gasteiger charge is 2.17. The zero-order valence-electron chi connectivity index (χ0n) is 37.8. The van der Waals surface area contributed by atoms with Crippen LogP contribution in [0, 0.1) is 0 Å². The van der Waals surface area contributed by atoms with Gasteiger partial charge in [-0.25, -0.2) is 15.0 Å². The van der Waals surface area contributed by atoms with Crippen LogP contribution in [-0.2, 0) is 29.5 Å². The second-order valence-corrected chi connectivity index (χ2v) is 19.6. The molecule has 0 radical (unpaired) electrons. The van der Waals surface area contributed by atoms with Crippen LogP contribution in [0.5, 0.6) is 28.7 Å². The van der Waals surface area contributed by atoms with Gasteiger partial charge in [0.15, 0.2) is 0 Å². The van der Waals surface area contributed by atoms with Crippen molar-refractivity contribution in [2.75, 3.05) is 0 Å². The summed E-state index contributed by atoms with van der Waals surface area (Å²) in [5.74, 6) is 2.18. The van der Waals surface area contributed by atoms with Gasteiger partial charge in [0.05, 0.1) is 24.8 Å². The maximum Gasteiger partial charge on any atom is 0.148 e. The van der Waals surface area contributed by atoms with Crippen LogP contribution >= 0.6 is 47.8 Å². The van der Waals surface area contributed by atoms with E-state index >= 15 is 0 Å². The molecule has 0 bridgehead atoms. The summed E-state index contributed by atoms with van der Waals surface area (Å²) >= 11 is 9.58. The third-order valence-corrected chi connectivity index (χ3v) is 10.0. The van der Waals surface area contributed by atoms with Crippen molar-refractivity contribution >= 4 is 47.8 Å². The maximum atomic E-state index is 9.20. The second kappa shape index (κ2) is 25.8. The molecule has 2 aromatic carbocycles. The topological polar surface area (TPSA) is 144 Å². The van der Waals surface area contributed by atoms with Gasteiger partial charge in [-0.3, -0.25) is 9.97 Å². The summed E-state index contributed by atoms with van der Waals surface area (Å²) < 4.78 is 13.3. The minimum Gasteiger partial charge on any atom is -0.506 e. The molecule has 0 aliphatic rings. The Bertz CT molecular complexity index is 2350. The minimum absolute atomic E-state index is 0.0240. The third-order valence-electron chi connectivity index (χ3n) is 8.53. The van der Waals surface area contributed by atoms with E-state index in [0.717, 1.165) is 48.9 Å². The van der Waals surface area contributed by atoms with Crippen molar-refractivity contribution in [2.45, 2.75) is 91.8 Å². The Kier molecular flexibility index (Phi) is 21.4. The number of hydrogen-bond donors (Lipinski definition) is 3. The molecule has 0 saturated heterocycles. The molecule has 64 heavy (non-hydrogen) atoms. The van der Waals surface area contributed by atoms with Gasteiger partial charge in [-0.2, -0.15) is 0 Å². The van der Waals surface area contributed by atoms with E-state index in [1.165, 1.54) is 12.4 Å². The second-order valence-electron chi connectivity index (χ2n) is 17.2. The average molecular weight is 1060 g/mol. The number of rotatable bonds is 6. The fourth-order valence-electron chi connectivity index (χ4n) is 4.88. The van der Waals surface area contributed by atoms with Crippen LogP contribution in [-0.4, -0.2) is 40.2 Å². The van der Waals surface area contributed by atoms with Gasteiger partial charge in [0.2, 0.25) is 0 Å². The third kappa shape index (κ3) is 20.9. The molecule has 0 unspecified atom stereocenters.